The molecule has 0 atom stereocenters. The molecule has 0 saturated carbocycles. The number of nitrogens with zero attached hydrogens (tertiary/aromatic N) is 1. The number of methoxy groups -OCH3 is 2. The van der Waals surface area contributed by atoms with Crippen LogP contribution < -0.4 is 4.90 Å². The first-order valence-corrected chi connectivity index (χ1v) is 16.1. The van der Waals surface area contributed by atoms with Crippen LogP contribution in [0.25, 0.3) is 11.6 Å². The van der Waals surface area contributed by atoms with E-state index in [1.807, 2.05) is 0 Å². The fourth-order valence-corrected chi connectivity index (χ4v) is 5.28. The van der Waals surface area contributed by atoms with Gasteiger partial charge in [0.05, 0.1) is 39.6 Å². The average molecular weight is 628 g/mol. The highest BCUT2D eigenvalue weighted by atomic mass is 16.5. The molecule has 0 heterocycles. The summed E-state index contributed by atoms with van der Waals surface area (Å²) >= 11 is 0. The third-order valence-corrected chi connectivity index (χ3v) is 7.98. The number of benzene rings is 5. The Morgan fingerprint density at radius 2 is 0.872 bits per heavy atom. The average Bonchev–Trinajstić information content (AvgIpc) is 3.10. The molecule has 5 heteroatoms. The van der Waals surface area contributed by atoms with Gasteiger partial charge >= 0.3 is 0 Å². The minimum Gasteiger partial charge on any atom is -0.382 e. The smallest absolute Gasteiger partial charge is 0.0718 e. The molecule has 0 spiro atoms. The van der Waals surface area contributed by atoms with Crippen LogP contribution in [0.5, 0.6) is 0 Å². The van der Waals surface area contributed by atoms with E-state index in [-0.39, 0.29) is 0 Å². The van der Waals surface area contributed by atoms with Gasteiger partial charge in [-0.05, 0) is 89.7 Å². The molecule has 0 bridgehead atoms. The molecule has 0 saturated heterocycles. The molecule has 0 N–H and O–H groups in total. The maximum absolute atomic E-state index is 5.75. The number of anilines is 3. The van der Waals surface area contributed by atoms with Gasteiger partial charge in [-0.15, -0.1) is 0 Å². The zero-order valence-electron chi connectivity index (χ0n) is 27.9. The van der Waals surface area contributed by atoms with Gasteiger partial charge in [-0.1, -0.05) is 96.1 Å². The van der Waals surface area contributed by atoms with Gasteiger partial charge in [-0.25, -0.2) is 0 Å². The summed E-state index contributed by atoms with van der Waals surface area (Å²) in [7, 11) is 3.37. The Balaban J connectivity index is 1.45. The Hall–Kier alpha value is -4.52. The van der Waals surface area contributed by atoms with Crippen LogP contribution in [0.1, 0.15) is 38.9 Å². The Kier molecular flexibility index (Phi) is 12.5. The third kappa shape index (κ3) is 9.74. The van der Waals surface area contributed by atoms with Crippen LogP contribution in [0.2, 0.25) is 0 Å². The van der Waals surface area contributed by atoms with Crippen LogP contribution in [-0.4, -0.2) is 40.6 Å². The minimum atomic E-state index is 0.548. The maximum atomic E-state index is 5.75. The van der Waals surface area contributed by atoms with E-state index in [2.05, 4.69) is 146 Å². The number of ether oxygens (including phenoxy) is 4. The van der Waals surface area contributed by atoms with Gasteiger partial charge in [0.25, 0.3) is 0 Å². The summed E-state index contributed by atoms with van der Waals surface area (Å²) in [5, 5.41) is 0. The van der Waals surface area contributed by atoms with E-state index in [0.29, 0.717) is 39.6 Å². The molecular weight excluding hydrogens is 582 g/mol. The van der Waals surface area contributed by atoms with Gasteiger partial charge in [-0.2, -0.15) is 0 Å². The molecule has 5 aromatic carbocycles. The minimum absolute atomic E-state index is 0.548. The zero-order valence-corrected chi connectivity index (χ0v) is 27.9. The van der Waals surface area contributed by atoms with Gasteiger partial charge in [0.2, 0.25) is 0 Å². The van der Waals surface area contributed by atoms with Crippen molar-refractivity contribution in [2.24, 2.45) is 0 Å². The molecule has 0 unspecified atom stereocenters. The standard InChI is InChI=1S/C42H45NO4/c1-32-5-15-37(16-6-32)42(38-17-7-33(2)8-18-38)29-34-9-19-39(20-10-34)43(40-21-11-35(12-22-40)30-46-27-25-44-3)41-23-13-36(14-24-41)31-47-28-26-45-4/h5-24,29H,25-28,30-31H2,1-4H3. The Labute approximate surface area is 280 Å². The monoisotopic (exact) mass is 627 g/mol. The molecule has 0 radical (unpaired) electrons. The normalized spacial score (nSPS) is 11.0. The Morgan fingerprint density at radius 1 is 0.489 bits per heavy atom. The summed E-state index contributed by atoms with van der Waals surface area (Å²) in [5.41, 5.74) is 12.7. The summed E-state index contributed by atoms with van der Waals surface area (Å²) in [6.07, 6.45) is 2.28. The predicted molar refractivity (Wildman–Crippen MR) is 194 cm³/mol. The molecule has 242 valence electrons. The number of rotatable bonds is 16. The van der Waals surface area contributed by atoms with E-state index in [1.165, 1.54) is 27.8 Å². The molecule has 47 heavy (non-hydrogen) atoms. The van der Waals surface area contributed by atoms with E-state index in [4.69, 9.17) is 18.9 Å². The van der Waals surface area contributed by atoms with Crippen molar-refractivity contribution in [2.75, 3.05) is 45.5 Å². The lowest BCUT2D eigenvalue weighted by molar-refractivity contribution is 0.0617. The third-order valence-electron chi connectivity index (χ3n) is 7.98. The molecule has 0 aliphatic heterocycles. The Morgan fingerprint density at radius 3 is 1.26 bits per heavy atom. The fraction of sp³-hybridized carbons (Fsp3) is 0.238. The van der Waals surface area contributed by atoms with Gasteiger partial charge in [0.1, 0.15) is 0 Å². The lowest BCUT2D eigenvalue weighted by Gasteiger charge is -2.26. The van der Waals surface area contributed by atoms with E-state index >= 15 is 0 Å². The summed E-state index contributed by atoms with van der Waals surface area (Å²) in [6, 6.07) is 43.4. The van der Waals surface area contributed by atoms with Gasteiger partial charge in [0.15, 0.2) is 0 Å². The van der Waals surface area contributed by atoms with E-state index in [1.54, 1.807) is 14.2 Å². The van der Waals surface area contributed by atoms with Crippen LogP contribution in [0.4, 0.5) is 17.1 Å². The van der Waals surface area contributed by atoms with Gasteiger partial charge in [0, 0.05) is 31.3 Å². The highest BCUT2D eigenvalue weighted by Crippen LogP contribution is 2.36. The molecule has 0 aliphatic rings. The van der Waals surface area contributed by atoms with Crippen LogP contribution in [0, 0.1) is 13.8 Å². The topological polar surface area (TPSA) is 40.2 Å². The molecule has 5 rings (SSSR count). The van der Waals surface area contributed by atoms with Crippen molar-refractivity contribution in [1.82, 2.24) is 0 Å². The number of aryl methyl sites for hydroxylation is 2. The summed E-state index contributed by atoms with van der Waals surface area (Å²) in [6.45, 7) is 7.66. The SMILES string of the molecule is COCCOCc1ccc(N(c2ccc(C=C(c3ccc(C)cc3)c3ccc(C)cc3)cc2)c2ccc(COCCOC)cc2)cc1. The van der Waals surface area contributed by atoms with Crippen LogP contribution >= 0.6 is 0 Å². The van der Waals surface area contributed by atoms with Crippen LogP contribution in [0.15, 0.2) is 121 Å². The number of hydrogen-bond donors (Lipinski definition) is 0. The molecule has 5 aromatic rings. The van der Waals surface area contributed by atoms with E-state index in [9.17, 15) is 0 Å². The fourth-order valence-electron chi connectivity index (χ4n) is 5.28. The van der Waals surface area contributed by atoms with Crippen LogP contribution in [0.3, 0.4) is 0 Å². The second-order valence-electron chi connectivity index (χ2n) is 11.6. The first-order chi connectivity index (χ1) is 23.0. The van der Waals surface area contributed by atoms with Crippen molar-refractivity contribution in [3.63, 3.8) is 0 Å². The predicted octanol–water partition coefficient (Wildman–Crippen LogP) is 9.69. The summed E-state index contributed by atoms with van der Waals surface area (Å²) < 4.78 is 21.7. The largest absolute Gasteiger partial charge is 0.382 e. The van der Waals surface area contributed by atoms with E-state index < -0.39 is 0 Å². The lowest BCUT2D eigenvalue weighted by Crippen LogP contribution is -2.10. The van der Waals surface area contributed by atoms with Gasteiger partial charge in [-0.3, -0.25) is 0 Å². The highest BCUT2D eigenvalue weighted by molar-refractivity contribution is 5.92. The van der Waals surface area contributed by atoms with E-state index in [0.717, 1.165) is 33.8 Å². The first kappa shape index (κ1) is 33.8. The maximum Gasteiger partial charge on any atom is 0.0718 e. The Bertz CT molecular complexity index is 1570. The van der Waals surface area contributed by atoms with Crippen molar-refractivity contribution in [1.29, 1.82) is 0 Å². The second kappa shape index (κ2) is 17.4. The molecule has 5 nitrogen and oxygen atoms in total. The molecule has 0 aromatic heterocycles. The molecular formula is C42H45NO4. The van der Waals surface area contributed by atoms with Crippen molar-refractivity contribution in [2.45, 2.75) is 27.1 Å². The lowest BCUT2D eigenvalue weighted by atomic mass is 9.94. The molecule has 0 amide bonds. The summed E-state index contributed by atoms with van der Waals surface area (Å²) in [4.78, 5) is 2.28. The molecule has 0 fully saturated rings. The van der Waals surface area contributed by atoms with Crippen LogP contribution in [-0.2, 0) is 32.2 Å². The molecule has 0 aliphatic carbocycles. The van der Waals surface area contributed by atoms with Crippen molar-refractivity contribution >= 4 is 28.7 Å². The second-order valence-corrected chi connectivity index (χ2v) is 11.6. The van der Waals surface area contributed by atoms with Crippen molar-refractivity contribution in [3.05, 3.63) is 160 Å². The van der Waals surface area contributed by atoms with Crippen molar-refractivity contribution < 1.29 is 18.9 Å². The quantitative estimate of drug-likeness (QED) is 0.0805. The first-order valence-electron chi connectivity index (χ1n) is 16.1. The van der Waals surface area contributed by atoms with Crippen molar-refractivity contribution in [3.8, 4) is 0 Å². The summed E-state index contributed by atoms with van der Waals surface area (Å²) in [5.74, 6) is 0. The number of hydrogen-bond acceptors (Lipinski definition) is 5. The highest BCUT2D eigenvalue weighted by Gasteiger charge is 2.14. The zero-order chi connectivity index (χ0) is 32.8. The van der Waals surface area contributed by atoms with Gasteiger partial charge < -0.3 is 23.8 Å².